The molecular formula is C15H20N2O5. The monoisotopic (exact) mass is 308 g/mol. The van der Waals surface area contributed by atoms with Crippen molar-refractivity contribution in [1.29, 1.82) is 0 Å². The van der Waals surface area contributed by atoms with Gasteiger partial charge in [-0.25, -0.2) is 4.79 Å². The average molecular weight is 308 g/mol. The molecule has 0 aromatic carbocycles. The molecule has 0 spiro atoms. The highest BCUT2D eigenvalue weighted by molar-refractivity contribution is 5.93. The molecule has 0 amide bonds. The van der Waals surface area contributed by atoms with Gasteiger partial charge in [-0.15, -0.1) is 0 Å². The number of carbonyl (C=O) groups excluding carboxylic acids is 1. The fourth-order valence-corrected chi connectivity index (χ4v) is 2.80. The van der Waals surface area contributed by atoms with Crippen LogP contribution in [-0.4, -0.2) is 66.6 Å². The molecule has 1 saturated heterocycles. The fraction of sp³-hybridized carbons (Fsp3) is 0.533. The van der Waals surface area contributed by atoms with Gasteiger partial charge in [-0.05, 0) is 0 Å². The van der Waals surface area contributed by atoms with Crippen molar-refractivity contribution in [3.8, 4) is 0 Å². The van der Waals surface area contributed by atoms with Gasteiger partial charge in [0.2, 0.25) is 0 Å². The second-order valence-corrected chi connectivity index (χ2v) is 5.37. The van der Waals surface area contributed by atoms with Gasteiger partial charge in [0.05, 0.1) is 44.8 Å². The number of aliphatic hydroxyl groups is 1. The number of rotatable bonds is 5. The van der Waals surface area contributed by atoms with Crippen LogP contribution in [0.1, 0.15) is 10.5 Å². The topological polar surface area (TPSA) is 77.1 Å². The van der Waals surface area contributed by atoms with Crippen molar-refractivity contribution in [2.24, 2.45) is 0 Å². The zero-order valence-corrected chi connectivity index (χ0v) is 12.5. The largest absolute Gasteiger partial charge is 0.464 e. The molecule has 0 unspecified atom stereocenters. The SMILES string of the molecule is COC(=O)c1cc2occc2n1C[C@@H](O)CN1CCOCC1. The minimum Gasteiger partial charge on any atom is -0.464 e. The summed E-state index contributed by atoms with van der Waals surface area (Å²) in [6, 6.07) is 3.42. The Kier molecular flexibility index (Phi) is 4.47. The van der Waals surface area contributed by atoms with E-state index in [0.29, 0.717) is 37.6 Å². The average Bonchev–Trinajstić information content (AvgIpc) is 3.10. The number of nitrogens with zero attached hydrogens (tertiary/aromatic N) is 2. The Balaban J connectivity index is 1.76. The summed E-state index contributed by atoms with van der Waals surface area (Å²) < 4.78 is 17.2. The van der Waals surface area contributed by atoms with Gasteiger partial charge in [0, 0.05) is 31.8 Å². The number of β-amino-alcohol motifs (C(OH)–C–C–N with tert-alkyl or cyclic N) is 1. The lowest BCUT2D eigenvalue weighted by Crippen LogP contribution is -2.42. The number of morpholine rings is 1. The van der Waals surface area contributed by atoms with Crippen molar-refractivity contribution in [2.75, 3.05) is 40.0 Å². The van der Waals surface area contributed by atoms with E-state index in [-0.39, 0.29) is 0 Å². The van der Waals surface area contributed by atoms with Crippen LogP contribution < -0.4 is 0 Å². The first kappa shape index (κ1) is 15.1. The molecule has 1 aliphatic rings. The van der Waals surface area contributed by atoms with Gasteiger partial charge < -0.3 is 23.6 Å². The van der Waals surface area contributed by atoms with Crippen LogP contribution in [0.25, 0.3) is 11.1 Å². The van der Waals surface area contributed by atoms with E-state index in [4.69, 9.17) is 13.9 Å². The number of ether oxygens (including phenoxy) is 2. The van der Waals surface area contributed by atoms with Gasteiger partial charge in [-0.2, -0.15) is 0 Å². The third-order valence-electron chi connectivity index (χ3n) is 3.88. The van der Waals surface area contributed by atoms with Crippen LogP contribution in [0.4, 0.5) is 0 Å². The third kappa shape index (κ3) is 3.01. The van der Waals surface area contributed by atoms with Crippen molar-refractivity contribution in [1.82, 2.24) is 9.47 Å². The molecule has 7 nitrogen and oxygen atoms in total. The van der Waals surface area contributed by atoms with Crippen LogP contribution in [0.2, 0.25) is 0 Å². The number of hydrogen-bond donors (Lipinski definition) is 1. The Morgan fingerprint density at radius 3 is 2.91 bits per heavy atom. The number of fused-ring (bicyclic) bond motifs is 1. The number of hydrogen-bond acceptors (Lipinski definition) is 6. The van der Waals surface area contributed by atoms with E-state index in [2.05, 4.69) is 4.90 Å². The number of aromatic nitrogens is 1. The molecule has 0 saturated carbocycles. The Labute approximate surface area is 128 Å². The molecule has 22 heavy (non-hydrogen) atoms. The Bertz CT molecular complexity index is 641. The Hall–Kier alpha value is -1.83. The first-order valence-corrected chi connectivity index (χ1v) is 7.32. The number of methoxy groups -OCH3 is 1. The van der Waals surface area contributed by atoms with Gasteiger partial charge in [0.25, 0.3) is 0 Å². The molecule has 3 heterocycles. The summed E-state index contributed by atoms with van der Waals surface area (Å²) in [5, 5.41) is 10.4. The van der Waals surface area contributed by atoms with E-state index < -0.39 is 12.1 Å². The van der Waals surface area contributed by atoms with Crippen LogP contribution in [0.5, 0.6) is 0 Å². The number of furan rings is 1. The summed E-state index contributed by atoms with van der Waals surface area (Å²) in [6.45, 7) is 3.86. The molecule has 2 aromatic heterocycles. The quantitative estimate of drug-likeness (QED) is 0.820. The molecule has 7 heteroatoms. The van der Waals surface area contributed by atoms with Crippen molar-refractivity contribution in [3.05, 3.63) is 24.1 Å². The second-order valence-electron chi connectivity index (χ2n) is 5.37. The van der Waals surface area contributed by atoms with E-state index in [0.717, 1.165) is 18.6 Å². The summed E-state index contributed by atoms with van der Waals surface area (Å²) in [5.41, 5.74) is 1.78. The van der Waals surface area contributed by atoms with Crippen LogP contribution >= 0.6 is 0 Å². The zero-order valence-electron chi connectivity index (χ0n) is 12.5. The Morgan fingerprint density at radius 2 is 2.18 bits per heavy atom. The van der Waals surface area contributed by atoms with E-state index in [1.54, 1.807) is 23.0 Å². The first-order valence-electron chi connectivity index (χ1n) is 7.32. The van der Waals surface area contributed by atoms with Gasteiger partial charge >= 0.3 is 5.97 Å². The van der Waals surface area contributed by atoms with Crippen LogP contribution in [0, 0.1) is 0 Å². The predicted octanol–water partition coefficient (Wildman–Crippen LogP) is 0.714. The van der Waals surface area contributed by atoms with Crippen molar-refractivity contribution < 1.29 is 23.8 Å². The minimum absolute atomic E-state index is 0.310. The van der Waals surface area contributed by atoms with E-state index in [1.807, 2.05) is 0 Å². The summed E-state index contributed by atoms with van der Waals surface area (Å²) in [4.78, 5) is 14.0. The molecule has 2 aromatic rings. The van der Waals surface area contributed by atoms with Crippen molar-refractivity contribution >= 4 is 17.1 Å². The molecule has 1 fully saturated rings. The lowest BCUT2D eigenvalue weighted by atomic mass is 10.3. The molecule has 1 aliphatic heterocycles. The molecule has 120 valence electrons. The van der Waals surface area contributed by atoms with Gasteiger partial charge in [-0.1, -0.05) is 0 Å². The maximum atomic E-state index is 11.9. The fourth-order valence-electron chi connectivity index (χ4n) is 2.80. The molecule has 0 bridgehead atoms. The molecule has 0 aliphatic carbocycles. The number of carbonyl (C=O) groups is 1. The second kappa shape index (κ2) is 6.51. The highest BCUT2D eigenvalue weighted by atomic mass is 16.5. The van der Waals surface area contributed by atoms with Crippen LogP contribution in [0.15, 0.2) is 22.8 Å². The first-order chi connectivity index (χ1) is 10.7. The smallest absolute Gasteiger partial charge is 0.354 e. The van der Waals surface area contributed by atoms with Gasteiger partial charge in [-0.3, -0.25) is 4.90 Å². The molecule has 1 atom stereocenters. The predicted molar refractivity (Wildman–Crippen MR) is 78.8 cm³/mol. The summed E-state index contributed by atoms with van der Waals surface area (Å²) >= 11 is 0. The van der Waals surface area contributed by atoms with Gasteiger partial charge in [0.15, 0.2) is 5.58 Å². The summed E-state index contributed by atoms with van der Waals surface area (Å²) in [6.07, 6.45) is 0.975. The highest BCUT2D eigenvalue weighted by Gasteiger charge is 2.21. The zero-order chi connectivity index (χ0) is 15.5. The molecule has 3 rings (SSSR count). The van der Waals surface area contributed by atoms with Crippen molar-refractivity contribution in [3.63, 3.8) is 0 Å². The Morgan fingerprint density at radius 1 is 1.41 bits per heavy atom. The standard InChI is InChI=1S/C15H20N2O5/c1-20-15(19)13-8-14-12(2-5-22-14)17(13)10-11(18)9-16-3-6-21-7-4-16/h2,5,8,11,18H,3-4,6-7,9-10H2,1H3/t11-/m0/s1. The minimum atomic E-state index is -0.591. The highest BCUT2D eigenvalue weighted by Crippen LogP contribution is 2.22. The maximum Gasteiger partial charge on any atom is 0.354 e. The number of esters is 1. The van der Waals surface area contributed by atoms with E-state index in [9.17, 15) is 9.90 Å². The van der Waals surface area contributed by atoms with Gasteiger partial charge in [0.1, 0.15) is 5.69 Å². The van der Waals surface area contributed by atoms with E-state index in [1.165, 1.54) is 7.11 Å². The van der Waals surface area contributed by atoms with E-state index >= 15 is 0 Å². The summed E-state index contributed by atoms with van der Waals surface area (Å²) in [5.74, 6) is -0.440. The molecular weight excluding hydrogens is 288 g/mol. The normalized spacial score (nSPS) is 17.7. The lowest BCUT2D eigenvalue weighted by Gasteiger charge is -2.28. The van der Waals surface area contributed by atoms with Crippen LogP contribution in [-0.2, 0) is 16.0 Å². The summed E-state index contributed by atoms with van der Waals surface area (Å²) in [7, 11) is 1.34. The van der Waals surface area contributed by atoms with Crippen molar-refractivity contribution in [2.45, 2.75) is 12.6 Å². The van der Waals surface area contributed by atoms with Crippen LogP contribution in [0.3, 0.4) is 0 Å². The molecule has 0 radical (unpaired) electrons. The number of aliphatic hydroxyl groups excluding tert-OH is 1. The maximum absolute atomic E-state index is 11.9. The lowest BCUT2D eigenvalue weighted by molar-refractivity contribution is 0.0115. The molecule has 1 N–H and O–H groups in total. The third-order valence-corrected chi connectivity index (χ3v) is 3.88.